The highest BCUT2D eigenvalue weighted by Gasteiger charge is 2.59. The molecule has 2 aliphatic rings. The van der Waals surface area contributed by atoms with Gasteiger partial charge in [0, 0.05) is 48.3 Å². The molecule has 2 aromatic rings. The minimum atomic E-state index is -0.651. The fraction of sp³-hybridized carbons (Fsp3) is 0.577. The van der Waals surface area contributed by atoms with Crippen molar-refractivity contribution >= 4 is 34.0 Å². The molecule has 1 heterocycles. The molecule has 1 aromatic carbocycles. The number of carbonyl (C=O) groups excluding carboxylic acids is 2. The Hall–Kier alpha value is -2.49. The lowest BCUT2D eigenvalue weighted by molar-refractivity contribution is -0.144. The normalized spacial score (nSPS) is 29.6. The Balaban J connectivity index is 1.64. The van der Waals surface area contributed by atoms with E-state index in [1.807, 2.05) is 37.3 Å². The molecule has 0 aliphatic heterocycles. The van der Waals surface area contributed by atoms with Crippen LogP contribution in [0.2, 0.25) is 0 Å². The number of aliphatic hydroxyl groups is 2. The van der Waals surface area contributed by atoms with Crippen molar-refractivity contribution in [2.24, 2.45) is 16.7 Å². The molecule has 8 nitrogen and oxygen atoms in total. The lowest BCUT2D eigenvalue weighted by Gasteiger charge is -2.58. The molecule has 1 saturated carbocycles. The first-order chi connectivity index (χ1) is 16.7. The maximum Gasteiger partial charge on any atom is 0.220 e. The Morgan fingerprint density at radius 3 is 2.57 bits per heavy atom. The van der Waals surface area contributed by atoms with Gasteiger partial charge >= 0.3 is 0 Å². The van der Waals surface area contributed by atoms with Crippen molar-refractivity contribution in [1.82, 2.24) is 15.6 Å². The van der Waals surface area contributed by atoms with Gasteiger partial charge in [-0.2, -0.15) is 0 Å². The summed E-state index contributed by atoms with van der Waals surface area (Å²) in [5.41, 5.74) is 0.949. The van der Waals surface area contributed by atoms with E-state index in [4.69, 9.17) is 4.98 Å². The second kappa shape index (κ2) is 10.2. The van der Waals surface area contributed by atoms with Gasteiger partial charge in [0.25, 0.3) is 0 Å². The minimum Gasteiger partial charge on any atom is -0.396 e. The monoisotopic (exact) mass is 500 g/mol. The molecule has 0 spiro atoms. The predicted molar refractivity (Wildman–Crippen MR) is 137 cm³/mol. The van der Waals surface area contributed by atoms with Crippen LogP contribution >= 0.6 is 11.3 Å². The first kappa shape index (κ1) is 25.6. The summed E-state index contributed by atoms with van der Waals surface area (Å²) in [7, 11) is 0. The van der Waals surface area contributed by atoms with E-state index in [-0.39, 0.29) is 42.1 Å². The molecule has 5 atom stereocenters. The SMILES string of the molecule is CC(=O)NCCNC(=O)CC1c2nc(Nc3ccccc3)sc2CC2C(C)(CO)C(O)CCC12C. The quantitative estimate of drug-likeness (QED) is 0.355. The molecule has 0 bridgehead atoms. The van der Waals surface area contributed by atoms with E-state index < -0.39 is 11.5 Å². The fourth-order valence-corrected chi connectivity index (χ4v) is 7.13. The van der Waals surface area contributed by atoms with Crippen LogP contribution < -0.4 is 16.0 Å². The second-order valence-electron chi connectivity index (χ2n) is 10.4. The molecular weight excluding hydrogens is 464 g/mol. The van der Waals surface area contributed by atoms with Crippen molar-refractivity contribution < 1.29 is 19.8 Å². The predicted octanol–water partition coefficient (Wildman–Crippen LogP) is 2.94. The van der Waals surface area contributed by atoms with Gasteiger partial charge < -0.3 is 26.2 Å². The van der Waals surface area contributed by atoms with Crippen molar-refractivity contribution in [1.29, 1.82) is 0 Å². The maximum atomic E-state index is 13.0. The fourth-order valence-electron chi connectivity index (χ4n) is 6.04. The lowest BCUT2D eigenvalue weighted by Crippen LogP contribution is -2.57. The largest absolute Gasteiger partial charge is 0.396 e. The molecule has 4 rings (SSSR count). The summed E-state index contributed by atoms with van der Waals surface area (Å²) in [6.45, 7) is 6.26. The zero-order valence-electron chi connectivity index (χ0n) is 20.6. The Kier molecular flexibility index (Phi) is 7.49. The summed E-state index contributed by atoms with van der Waals surface area (Å²) in [5, 5.41) is 31.1. The number of para-hydroxylation sites is 1. The van der Waals surface area contributed by atoms with Gasteiger partial charge in [-0.15, -0.1) is 11.3 Å². The Morgan fingerprint density at radius 1 is 1.17 bits per heavy atom. The number of fused-ring (bicyclic) bond motifs is 2. The number of aromatic nitrogens is 1. The molecule has 5 unspecified atom stereocenters. The van der Waals surface area contributed by atoms with Gasteiger partial charge in [0.05, 0.1) is 18.4 Å². The van der Waals surface area contributed by atoms with Gasteiger partial charge in [-0.1, -0.05) is 32.0 Å². The van der Waals surface area contributed by atoms with Crippen LogP contribution in [0.25, 0.3) is 0 Å². The number of nitrogens with zero attached hydrogens (tertiary/aromatic N) is 1. The van der Waals surface area contributed by atoms with Gasteiger partial charge in [0.15, 0.2) is 5.13 Å². The van der Waals surface area contributed by atoms with E-state index >= 15 is 0 Å². The van der Waals surface area contributed by atoms with Crippen LogP contribution in [0.15, 0.2) is 30.3 Å². The van der Waals surface area contributed by atoms with Crippen molar-refractivity contribution in [3.05, 3.63) is 40.9 Å². The molecule has 2 amide bonds. The molecule has 0 radical (unpaired) electrons. The van der Waals surface area contributed by atoms with Crippen molar-refractivity contribution in [2.45, 2.75) is 58.5 Å². The summed E-state index contributed by atoms with van der Waals surface area (Å²) < 4.78 is 0. The number of amides is 2. The number of hydrogen-bond acceptors (Lipinski definition) is 7. The molecular formula is C26H36N4O4S. The number of thiazole rings is 1. The number of nitrogens with one attached hydrogen (secondary N) is 3. The third kappa shape index (κ3) is 5.08. The van der Waals surface area contributed by atoms with Crippen LogP contribution in [0, 0.1) is 16.7 Å². The van der Waals surface area contributed by atoms with Crippen LogP contribution in [0.1, 0.15) is 56.5 Å². The molecule has 2 aliphatic carbocycles. The molecule has 9 heteroatoms. The van der Waals surface area contributed by atoms with E-state index in [2.05, 4.69) is 22.9 Å². The van der Waals surface area contributed by atoms with Crippen LogP contribution in [-0.4, -0.2) is 52.8 Å². The highest BCUT2D eigenvalue weighted by Crippen LogP contribution is 2.62. The highest BCUT2D eigenvalue weighted by molar-refractivity contribution is 7.15. The number of hydrogen-bond donors (Lipinski definition) is 5. The number of anilines is 2. The number of rotatable bonds is 8. The average Bonchev–Trinajstić information content (AvgIpc) is 3.23. The number of benzene rings is 1. The second-order valence-corrected chi connectivity index (χ2v) is 11.5. The van der Waals surface area contributed by atoms with E-state index in [0.717, 1.165) is 34.2 Å². The van der Waals surface area contributed by atoms with Crippen LogP contribution in [0.3, 0.4) is 0 Å². The van der Waals surface area contributed by atoms with Crippen LogP contribution in [-0.2, 0) is 16.0 Å². The molecule has 35 heavy (non-hydrogen) atoms. The van der Waals surface area contributed by atoms with Gasteiger partial charge in [-0.05, 0) is 42.7 Å². The first-order valence-corrected chi connectivity index (χ1v) is 13.1. The zero-order valence-corrected chi connectivity index (χ0v) is 21.5. The van der Waals surface area contributed by atoms with Crippen molar-refractivity contribution in [3.8, 4) is 0 Å². The average molecular weight is 501 g/mol. The first-order valence-electron chi connectivity index (χ1n) is 12.3. The summed E-state index contributed by atoms with van der Waals surface area (Å²) >= 11 is 1.59. The smallest absolute Gasteiger partial charge is 0.220 e. The number of aliphatic hydroxyl groups excluding tert-OH is 2. The van der Waals surface area contributed by atoms with Gasteiger partial charge in [-0.3, -0.25) is 9.59 Å². The van der Waals surface area contributed by atoms with Crippen molar-refractivity contribution in [2.75, 3.05) is 25.0 Å². The summed E-state index contributed by atoms with van der Waals surface area (Å²) in [6.07, 6.45) is 1.74. The van der Waals surface area contributed by atoms with E-state index in [0.29, 0.717) is 19.5 Å². The van der Waals surface area contributed by atoms with Crippen molar-refractivity contribution in [3.63, 3.8) is 0 Å². The van der Waals surface area contributed by atoms with Gasteiger partial charge in [-0.25, -0.2) is 4.98 Å². The summed E-state index contributed by atoms with van der Waals surface area (Å²) in [6, 6.07) is 9.87. The molecule has 1 fully saturated rings. The molecule has 1 aromatic heterocycles. The maximum absolute atomic E-state index is 13.0. The Morgan fingerprint density at radius 2 is 1.89 bits per heavy atom. The Labute approximate surface area is 210 Å². The highest BCUT2D eigenvalue weighted by atomic mass is 32.1. The van der Waals surface area contributed by atoms with E-state index in [1.54, 1.807) is 11.3 Å². The number of carbonyl (C=O) groups is 2. The zero-order chi connectivity index (χ0) is 25.2. The molecule has 0 saturated heterocycles. The van der Waals surface area contributed by atoms with Gasteiger partial charge in [0.2, 0.25) is 11.8 Å². The topological polar surface area (TPSA) is 124 Å². The lowest BCUT2D eigenvalue weighted by atomic mass is 9.47. The Bertz CT molecular complexity index is 1060. The van der Waals surface area contributed by atoms with Crippen LogP contribution in [0.4, 0.5) is 10.8 Å². The molecule has 5 N–H and O–H groups in total. The molecule has 190 valence electrons. The minimum absolute atomic E-state index is 0.0125. The third-order valence-electron chi connectivity index (χ3n) is 8.13. The summed E-state index contributed by atoms with van der Waals surface area (Å²) in [4.78, 5) is 30.2. The van der Waals surface area contributed by atoms with Crippen LogP contribution in [0.5, 0.6) is 0 Å². The standard InChI is InChI=1S/C26H36N4O4S/c1-16(32)27-11-12-28-22(34)13-18-23-19(35-24(30-23)29-17-7-5-4-6-8-17)14-20-25(18,2)10-9-21(33)26(20,3)15-31/h4-8,18,20-21,31,33H,9-15H2,1-3H3,(H,27,32)(H,28,34)(H,29,30). The van der Waals surface area contributed by atoms with E-state index in [1.165, 1.54) is 6.92 Å². The van der Waals surface area contributed by atoms with Gasteiger partial charge in [0.1, 0.15) is 0 Å². The van der Waals surface area contributed by atoms with E-state index in [9.17, 15) is 19.8 Å². The third-order valence-corrected chi connectivity index (χ3v) is 9.14. The summed E-state index contributed by atoms with van der Waals surface area (Å²) in [5.74, 6) is -0.344.